The van der Waals surface area contributed by atoms with E-state index < -0.39 is 42.1 Å². The molecule has 1 aromatic rings. The number of hydrogen-bond acceptors (Lipinski definition) is 8. The predicted octanol–water partition coefficient (Wildman–Crippen LogP) is 3.80. The Bertz CT molecular complexity index is 876. The van der Waals surface area contributed by atoms with E-state index in [1.807, 2.05) is 56.3 Å². The number of ether oxygens (including phenoxy) is 5. The Labute approximate surface area is 220 Å². The smallest absolute Gasteiger partial charge is 0.314 e. The van der Waals surface area contributed by atoms with E-state index in [9.17, 15) is 15.0 Å². The number of cyclic esters (lactones) is 1. The topological polar surface area (TPSA) is 104 Å². The molecule has 2 aliphatic rings. The van der Waals surface area contributed by atoms with Gasteiger partial charge in [-0.25, -0.2) is 0 Å². The van der Waals surface area contributed by atoms with Gasteiger partial charge in [0.05, 0.1) is 18.3 Å². The van der Waals surface area contributed by atoms with Crippen LogP contribution < -0.4 is 0 Å². The number of fused-ring (bicyclic) bond motifs is 2. The molecule has 0 aliphatic carbocycles. The maximum Gasteiger partial charge on any atom is 0.314 e. The molecule has 0 amide bonds. The Hall–Kier alpha value is -1.81. The number of benzene rings is 1. The highest BCUT2D eigenvalue weighted by atomic mass is 16.7. The molecule has 0 radical (unpaired) electrons. The number of aliphatic hydroxyl groups is 2. The summed E-state index contributed by atoms with van der Waals surface area (Å²) in [6.07, 6.45) is 3.29. The highest BCUT2D eigenvalue weighted by molar-refractivity contribution is 5.73. The summed E-state index contributed by atoms with van der Waals surface area (Å²) >= 11 is 0. The first kappa shape index (κ1) is 29.7. The van der Waals surface area contributed by atoms with Crippen molar-refractivity contribution in [3.05, 3.63) is 48.0 Å². The minimum absolute atomic E-state index is 0.149. The van der Waals surface area contributed by atoms with Gasteiger partial charge in [-0.1, -0.05) is 62.8 Å². The van der Waals surface area contributed by atoms with Gasteiger partial charge in [-0.2, -0.15) is 0 Å². The molecule has 37 heavy (non-hydrogen) atoms. The van der Waals surface area contributed by atoms with Crippen LogP contribution in [0.1, 0.15) is 58.1 Å². The van der Waals surface area contributed by atoms with Gasteiger partial charge in [0.25, 0.3) is 0 Å². The van der Waals surface area contributed by atoms with Crippen LogP contribution in [0.25, 0.3) is 0 Å². The van der Waals surface area contributed by atoms with Crippen LogP contribution in [0, 0.1) is 17.8 Å². The van der Waals surface area contributed by atoms with Gasteiger partial charge < -0.3 is 33.9 Å². The molecule has 1 fully saturated rings. The van der Waals surface area contributed by atoms with E-state index >= 15 is 0 Å². The molecule has 2 aliphatic heterocycles. The molecule has 1 aromatic carbocycles. The van der Waals surface area contributed by atoms with Crippen molar-refractivity contribution in [2.75, 3.05) is 21.3 Å². The average Bonchev–Trinajstić information content (AvgIpc) is 2.90. The Morgan fingerprint density at radius 1 is 0.946 bits per heavy atom. The molecule has 1 saturated heterocycles. The van der Waals surface area contributed by atoms with Crippen LogP contribution in [0.4, 0.5) is 0 Å². The van der Waals surface area contributed by atoms with Gasteiger partial charge in [-0.15, -0.1) is 0 Å². The lowest BCUT2D eigenvalue weighted by Gasteiger charge is -2.51. The summed E-state index contributed by atoms with van der Waals surface area (Å²) in [7, 11) is 4.72. The zero-order valence-electron chi connectivity index (χ0n) is 22.9. The summed E-state index contributed by atoms with van der Waals surface area (Å²) in [6.45, 7) is 5.36. The number of carbonyl (C=O) groups is 1. The predicted molar refractivity (Wildman–Crippen MR) is 139 cm³/mol. The van der Waals surface area contributed by atoms with E-state index in [2.05, 4.69) is 0 Å². The van der Waals surface area contributed by atoms with Crippen molar-refractivity contribution in [3.63, 3.8) is 0 Å². The molecule has 8 heteroatoms. The summed E-state index contributed by atoms with van der Waals surface area (Å²) in [5.41, 5.74) is 0.880. The van der Waals surface area contributed by atoms with Crippen molar-refractivity contribution in [2.45, 2.75) is 88.9 Å². The molecule has 0 spiro atoms. The maximum absolute atomic E-state index is 13.5. The number of esters is 1. The molecule has 2 N–H and O–H groups in total. The highest BCUT2D eigenvalue weighted by Crippen LogP contribution is 2.42. The number of aliphatic hydroxyl groups excluding tert-OH is 1. The summed E-state index contributed by atoms with van der Waals surface area (Å²) in [6, 6.07) is 9.58. The molecular formula is C29H44O8. The van der Waals surface area contributed by atoms with Gasteiger partial charge in [-0.3, -0.25) is 4.79 Å². The van der Waals surface area contributed by atoms with Crippen molar-refractivity contribution in [1.82, 2.24) is 0 Å². The van der Waals surface area contributed by atoms with Gasteiger partial charge in [0.1, 0.15) is 24.2 Å². The fourth-order valence-corrected chi connectivity index (χ4v) is 5.56. The van der Waals surface area contributed by atoms with Crippen molar-refractivity contribution >= 4 is 5.97 Å². The minimum Gasteiger partial charge on any atom is -0.457 e. The monoisotopic (exact) mass is 520 g/mol. The Balaban J connectivity index is 2.01. The zero-order valence-corrected chi connectivity index (χ0v) is 22.9. The minimum atomic E-state index is -2.08. The van der Waals surface area contributed by atoms with Crippen LogP contribution in [0.2, 0.25) is 0 Å². The van der Waals surface area contributed by atoms with E-state index in [0.29, 0.717) is 6.42 Å². The third-order valence-electron chi connectivity index (χ3n) is 8.03. The fourth-order valence-electron chi connectivity index (χ4n) is 5.56. The van der Waals surface area contributed by atoms with E-state index in [1.54, 1.807) is 21.1 Å². The quantitative estimate of drug-likeness (QED) is 0.456. The Morgan fingerprint density at radius 2 is 1.62 bits per heavy atom. The lowest BCUT2D eigenvalue weighted by Crippen LogP contribution is -2.66. The largest absolute Gasteiger partial charge is 0.457 e. The van der Waals surface area contributed by atoms with Crippen LogP contribution in [0.3, 0.4) is 0 Å². The second-order valence-electron chi connectivity index (χ2n) is 10.4. The highest BCUT2D eigenvalue weighted by Gasteiger charge is 2.58. The normalized spacial score (nSPS) is 41.1. The Kier molecular flexibility index (Phi) is 10.7. The van der Waals surface area contributed by atoms with E-state index in [0.717, 1.165) is 24.8 Å². The standard InChI is InChI=1S/C29H44O8/c1-18-16-17-24(34-5)23(33-4)15-11-10-14-22(21-12-8-7-9-13-21)36-28(31)20(3)29(32)27(35-6)25(30)19(2)26(18)37-29/h7-9,12-13,16-20,22-27,30,32H,10-11,14-15H2,1-6H3/b17-16+/t18-,19-,20+,22?,23?,24+,25-,26-,27+,29-/m0/s1. The maximum atomic E-state index is 13.5. The lowest BCUT2D eigenvalue weighted by molar-refractivity contribution is -0.360. The van der Waals surface area contributed by atoms with Crippen molar-refractivity contribution < 1.29 is 38.7 Å². The van der Waals surface area contributed by atoms with Crippen molar-refractivity contribution in [1.29, 1.82) is 0 Å². The van der Waals surface area contributed by atoms with E-state index in [4.69, 9.17) is 23.7 Å². The molecule has 8 nitrogen and oxygen atoms in total. The average molecular weight is 521 g/mol. The fraction of sp³-hybridized carbons (Fsp3) is 0.690. The van der Waals surface area contributed by atoms with Gasteiger partial charge in [0, 0.05) is 33.2 Å². The van der Waals surface area contributed by atoms with Crippen LogP contribution in [0.15, 0.2) is 42.5 Å². The first-order valence-corrected chi connectivity index (χ1v) is 13.3. The van der Waals surface area contributed by atoms with Gasteiger partial charge >= 0.3 is 5.97 Å². The molecular weight excluding hydrogens is 476 g/mol. The number of carbonyl (C=O) groups excluding carboxylic acids is 1. The first-order chi connectivity index (χ1) is 17.7. The Morgan fingerprint density at radius 3 is 2.24 bits per heavy atom. The SMILES string of the molecule is COC1CCCCC(c2ccccc2)OC(=O)[C@@H](C)[C@]2(O)O[C@H]([C@@H](C)[C@H](O)[C@H]2OC)[C@@H](C)/C=C/[C@H]1OC. The molecule has 10 atom stereocenters. The molecule has 0 aromatic heterocycles. The van der Waals surface area contributed by atoms with Crippen LogP contribution >= 0.6 is 0 Å². The van der Waals surface area contributed by atoms with Crippen molar-refractivity contribution in [3.8, 4) is 0 Å². The summed E-state index contributed by atoms with van der Waals surface area (Å²) < 4.78 is 29.3. The zero-order chi connectivity index (χ0) is 27.2. The van der Waals surface area contributed by atoms with Gasteiger partial charge in [0.15, 0.2) is 0 Å². The molecule has 208 valence electrons. The molecule has 2 heterocycles. The molecule has 0 saturated carbocycles. The third-order valence-corrected chi connectivity index (χ3v) is 8.03. The van der Waals surface area contributed by atoms with Crippen LogP contribution in [-0.2, 0) is 28.5 Å². The van der Waals surface area contributed by atoms with Gasteiger partial charge in [-0.05, 0) is 31.7 Å². The molecule has 2 bridgehead atoms. The number of methoxy groups -OCH3 is 3. The number of hydrogen-bond donors (Lipinski definition) is 2. The second kappa shape index (κ2) is 13.3. The summed E-state index contributed by atoms with van der Waals surface area (Å²) in [5, 5.41) is 22.9. The summed E-state index contributed by atoms with van der Waals surface area (Å²) in [4.78, 5) is 13.5. The molecule has 3 rings (SSSR count). The lowest BCUT2D eigenvalue weighted by atomic mass is 9.78. The van der Waals surface area contributed by atoms with Crippen LogP contribution in [0.5, 0.6) is 0 Å². The van der Waals surface area contributed by atoms with Crippen molar-refractivity contribution in [2.24, 2.45) is 17.8 Å². The third kappa shape index (κ3) is 6.61. The first-order valence-electron chi connectivity index (χ1n) is 13.3. The summed E-state index contributed by atoms with van der Waals surface area (Å²) in [5.74, 6) is -4.38. The van der Waals surface area contributed by atoms with Gasteiger partial charge in [0.2, 0.25) is 5.79 Å². The number of rotatable bonds is 4. The second-order valence-corrected chi connectivity index (χ2v) is 10.4. The van der Waals surface area contributed by atoms with E-state index in [-0.39, 0.29) is 24.0 Å². The molecule has 2 unspecified atom stereocenters. The van der Waals surface area contributed by atoms with E-state index in [1.165, 1.54) is 7.11 Å². The van der Waals surface area contributed by atoms with Crippen LogP contribution in [-0.4, -0.2) is 73.8 Å².